The van der Waals surface area contributed by atoms with Crippen molar-refractivity contribution < 1.29 is 18.7 Å². The van der Waals surface area contributed by atoms with Gasteiger partial charge in [0.2, 0.25) is 0 Å². The number of rotatable bonds is 4. The Morgan fingerprint density at radius 3 is 2.58 bits per heavy atom. The van der Waals surface area contributed by atoms with Gasteiger partial charge in [0.05, 0.1) is 24.1 Å². The van der Waals surface area contributed by atoms with Crippen molar-refractivity contribution in [3.8, 4) is 0 Å². The van der Waals surface area contributed by atoms with E-state index in [1.54, 1.807) is 12.4 Å². The molecule has 0 aromatic carbocycles. The normalized spacial score (nSPS) is 27.2. The highest BCUT2D eigenvalue weighted by Crippen LogP contribution is 2.42. The number of esters is 1. The van der Waals surface area contributed by atoms with E-state index in [4.69, 9.17) is 19.6 Å². The van der Waals surface area contributed by atoms with Gasteiger partial charge < -0.3 is 19.6 Å². The second-order valence-corrected chi connectivity index (χ2v) is 13.3. The molecule has 0 aliphatic carbocycles. The van der Waals surface area contributed by atoms with Gasteiger partial charge in [-0.05, 0) is 31.1 Å². The lowest BCUT2D eigenvalue weighted by Gasteiger charge is -2.46. The summed E-state index contributed by atoms with van der Waals surface area (Å²) in [6.07, 6.45) is 2.68. The summed E-state index contributed by atoms with van der Waals surface area (Å²) in [7, 11) is -2.05. The van der Waals surface area contributed by atoms with Crippen molar-refractivity contribution in [2.75, 3.05) is 5.73 Å². The molecule has 2 heterocycles. The van der Waals surface area contributed by atoms with Crippen LogP contribution in [0.3, 0.4) is 0 Å². The van der Waals surface area contributed by atoms with E-state index in [0.717, 1.165) is 5.56 Å². The van der Waals surface area contributed by atoms with Crippen molar-refractivity contribution in [2.24, 2.45) is 0 Å². The van der Waals surface area contributed by atoms with E-state index in [1.807, 2.05) is 13.0 Å². The highest BCUT2D eigenvalue weighted by Gasteiger charge is 2.46. The fourth-order valence-electron chi connectivity index (χ4n) is 2.97. The zero-order valence-electron chi connectivity index (χ0n) is 16.9. The maximum absolute atomic E-state index is 11.7. The molecule has 0 unspecified atom stereocenters. The minimum Gasteiger partial charge on any atom is -0.460 e. The van der Waals surface area contributed by atoms with Crippen LogP contribution in [0.4, 0.5) is 5.69 Å². The van der Waals surface area contributed by atoms with Crippen LogP contribution in [0, 0.1) is 0 Å². The third kappa shape index (κ3) is 4.63. The first-order valence-electron chi connectivity index (χ1n) is 9.12. The average Bonchev–Trinajstić information content (AvgIpc) is 2.49. The van der Waals surface area contributed by atoms with E-state index in [0.29, 0.717) is 12.1 Å². The molecule has 1 aliphatic heterocycles. The maximum Gasteiger partial charge on any atom is 0.302 e. The van der Waals surface area contributed by atoms with Gasteiger partial charge in [-0.25, -0.2) is 0 Å². The lowest BCUT2D eigenvalue weighted by Crippen LogP contribution is -2.54. The van der Waals surface area contributed by atoms with Crippen LogP contribution >= 0.6 is 0 Å². The van der Waals surface area contributed by atoms with Crippen LogP contribution in [0.2, 0.25) is 18.1 Å². The van der Waals surface area contributed by atoms with Crippen LogP contribution in [0.25, 0.3) is 0 Å². The van der Waals surface area contributed by atoms with E-state index in [-0.39, 0.29) is 35.4 Å². The van der Waals surface area contributed by atoms with E-state index in [9.17, 15) is 4.79 Å². The molecule has 0 bridgehead atoms. The molecule has 4 atom stereocenters. The molecule has 0 saturated carbocycles. The first kappa shape index (κ1) is 20.9. The molecule has 1 aromatic rings. The van der Waals surface area contributed by atoms with Crippen LogP contribution in [-0.4, -0.2) is 37.6 Å². The van der Waals surface area contributed by atoms with Gasteiger partial charge in [-0.1, -0.05) is 20.8 Å². The van der Waals surface area contributed by atoms with E-state index < -0.39 is 8.32 Å². The molecule has 1 aromatic heterocycles. The van der Waals surface area contributed by atoms with Crippen LogP contribution < -0.4 is 5.73 Å². The zero-order chi connectivity index (χ0) is 19.7. The van der Waals surface area contributed by atoms with Gasteiger partial charge in [0, 0.05) is 25.1 Å². The lowest BCUT2D eigenvalue weighted by atomic mass is 9.94. The molecule has 6 nitrogen and oxygen atoms in total. The van der Waals surface area contributed by atoms with Gasteiger partial charge in [-0.3, -0.25) is 9.78 Å². The summed E-state index contributed by atoms with van der Waals surface area (Å²) in [6.45, 7) is 14.4. The molecule has 1 fully saturated rings. The molecule has 146 valence electrons. The number of nitrogen functional groups attached to an aromatic ring is 1. The van der Waals surface area contributed by atoms with Gasteiger partial charge in [0.1, 0.15) is 12.2 Å². The second kappa shape index (κ2) is 7.66. The molecule has 2 rings (SSSR count). The van der Waals surface area contributed by atoms with Crippen molar-refractivity contribution in [3.05, 3.63) is 24.0 Å². The Balaban J connectivity index is 2.27. The third-order valence-corrected chi connectivity index (χ3v) is 9.92. The Morgan fingerprint density at radius 1 is 1.38 bits per heavy atom. The molecule has 26 heavy (non-hydrogen) atoms. The van der Waals surface area contributed by atoms with Crippen molar-refractivity contribution in [2.45, 2.75) is 83.6 Å². The maximum atomic E-state index is 11.7. The number of nitrogens with zero attached hydrogens (tertiary/aromatic N) is 1. The fraction of sp³-hybridized carbons (Fsp3) is 0.684. The van der Waals surface area contributed by atoms with Crippen LogP contribution in [0.1, 0.15) is 52.7 Å². The molecule has 0 radical (unpaired) electrons. The summed E-state index contributed by atoms with van der Waals surface area (Å²) in [5.74, 6) is -0.311. The van der Waals surface area contributed by atoms with Crippen molar-refractivity contribution in [1.82, 2.24) is 4.98 Å². The number of hydrogen-bond donors (Lipinski definition) is 1. The highest BCUT2D eigenvalue weighted by atomic mass is 28.4. The number of carbonyl (C=O) groups excluding carboxylic acids is 1. The molecule has 0 spiro atoms. The summed E-state index contributed by atoms with van der Waals surface area (Å²) in [6, 6.07) is 1.85. The number of anilines is 1. The predicted molar refractivity (Wildman–Crippen MR) is 104 cm³/mol. The van der Waals surface area contributed by atoms with Gasteiger partial charge in [0.25, 0.3) is 0 Å². The minimum absolute atomic E-state index is 0.0554. The number of aromatic nitrogens is 1. The summed E-state index contributed by atoms with van der Waals surface area (Å²) in [4.78, 5) is 15.7. The molecule has 2 N–H and O–H groups in total. The molecular formula is C19H32N2O4Si. The van der Waals surface area contributed by atoms with E-state index in [1.165, 1.54) is 6.92 Å². The zero-order valence-corrected chi connectivity index (χ0v) is 17.9. The Hall–Kier alpha value is -1.44. The van der Waals surface area contributed by atoms with Gasteiger partial charge in [0.15, 0.2) is 8.32 Å². The Labute approximate surface area is 157 Å². The average molecular weight is 381 g/mol. The monoisotopic (exact) mass is 380 g/mol. The van der Waals surface area contributed by atoms with Gasteiger partial charge in [-0.15, -0.1) is 0 Å². The number of nitrogens with two attached hydrogens (primary N) is 1. The molecule has 1 saturated heterocycles. The Morgan fingerprint density at radius 2 is 2.04 bits per heavy atom. The van der Waals surface area contributed by atoms with Gasteiger partial charge >= 0.3 is 5.97 Å². The third-order valence-electron chi connectivity index (χ3n) is 5.44. The smallest absolute Gasteiger partial charge is 0.302 e. The van der Waals surface area contributed by atoms with Crippen LogP contribution in [-0.2, 0) is 18.7 Å². The number of ether oxygens (including phenoxy) is 2. The summed E-state index contributed by atoms with van der Waals surface area (Å²) >= 11 is 0. The molecule has 0 amide bonds. The standard InChI is InChI=1S/C19H32N2O4Si/c1-12-18(25-26(6,7)19(3,4)5)17(24-13(2)22)10-16(23-12)14-8-9-21-11-15(14)20/h8-9,11-12,16-18H,10,20H2,1-7H3/t12-,16+,17+,18+/m0/s1. The first-order valence-corrected chi connectivity index (χ1v) is 12.0. The second-order valence-electron chi connectivity index (χ2n) is 8.56. The lowest BCUT2D eigenvalue weighted by molar-refractivity contribution is -0.185. The largest absolute Gasteiger partial charge is 0.460 e. The van der Waals surface area contributed by atoms with Gasteiger partial charge in [-0.2, -0.15) is 0 Å². The number of pyridine rings is 1. The Kier molecular flexibility index (Phi) is 6.15. The van der Waals surface area contributed by atoms with E-state index >= 15 is 0 Å². The SMILES string of the molecule is CC(=O)O[C@@H]1C[C@H](c2ccncc2N)O[C@@H](C)[C@H]1O[Si](C)(C)C(C)(C)C. The van der Waals surface area contributed by atoms with Crippen molar-refractivity contribution in [3.63, 3.8) is 0 Å². The Bertz CT molecular complexity index is 645. The van der Waals surface area contributed by atoms with Crippen molar-refractivity contribution in [1.29, 1.82) is 0 Å². The molecular weight excluding hydrogens is 348 g/mol. The summed E-state index contributed by atoms with van der Waals surface area (Å²) in [5, 5.41) is 0.0554. The number of hydrogen-bond acceptors (Lipinski definition) is 6. The highest BCUT2D eigenvalue weighted by molar-refractivity contribution is 6.74. The molecule has 7 heteroatoms. The molecule has 1 aliphatic rings. The topological polar surface area (TPSA) is 83.7 Å². The minimum atomic E-state index is -2.05. The van der Waals surface area contributed by atoms with E-state index in [2.05, 4.69) is 38.8 Å². The summed E-state index contributed by atoms with van der Waals surface area (Å²) in [5.41, 5.74) is 7.51. The van der Waals surface area contributed by atoms with Crippen LogP contribution in [0.5, 0.6) is 0 Å². The summed E-state index contributed by atoms with van der Waals surface area (Å²) < 4.78 is 18.5. The number of carbonyl (C=O) groups is 1. The van der Waals surface area contributed by atoms with Crippen LogP contribution in [0.15, 0.2) is 18.5 Å². The predicted octanol–water partition coefficient (Wildman–Crippen LogP) is 3.84. The fourth-order valence-corrected chi connectivity index (χ4v) is 4.34. The first-order chi connectivity index (χ1) is 11.9. The van der Waals surface area contributed by atoms with Crippen molar-refractivity contribution >= 4 is 20.0 Å². The quantitative estimate of drug-likeness (QED) is 0.631.